The molecule has 0 unspecified atom stereocenters. The van der Waals surface area contributed by atoms with Crippen LogP contribution in [0.5, 0.6) is 0 Å². The van der Waals surface area contributed by atoms with E-state index >= 15 is 0 Å². The van der Waals surface area contributed by atoms with Crippen molar-refractivity contribution >= 4 is 46.6 Å². The van der Waals surface area contributed by atoms with E-state index in [1.165, 1.54) is 6.42 Å². The van der Waals surface area contributed by atoms with Gasteiger partial charge in [-0.1, -0.05) is 73.9 Å². The lowest BCUT2D eigenvalue weighted by Gasteiger charge is -2.39. The molecule has 5 aliphatic rings. The van der Waals surface area contributed by atoms with Crippen molar-refractivity contribution in [3.63, 3.8) is 0 Å². The number of rotatable bonds is 5. The van der Waals surface area contributed by atoms with Crippen LogP contribution < -0.4 is 10.6 Å². The van der Waals surface area contributed by atoms with Crippen molar-refractivity contribution in [2.24, 2.45) is 11.8 Å². The molecule has 2 saturated heterocycles. The Morgan fingerprint density at radius 1 is 0.947 bits per heavy atom. The molecule has 9 heteroatoms. The number of fused-ring (bicyclic) bond motifs is 1. The number of ether oxygens (including phenoxy) is 1. The third-order valence-corrected chi connectivity index (χ3v) is 10.1. The number of nitrogens with one attached hydrogen (secondary N) is 2. The van der Waals surface area contributed by atoms with Gasteiger partial charge in [0.15, 0.2) is 0 Å². The van der Waals surface area contributed by atoms with Gasteiger partial charge in [-0.2, -0.15) is 0 Å². The van der Waals surface area contributed by atoms with Gasteiger partial charge in [0.25, 0.3) is 0 Å². The van der Waals surface area contributed by atoms with E-state index in [0.717, 1.165) is 57.8 Å². The Kier molecular flexibility index (Phi) is 6.76. The number of hydrogen-bond donors (Lipinski definition) is 2. The fourth-order valence-electron chi connectivity index (χ4n) is 7.64. The van der Waals surface area contributed by atoms with Crippen LogP contribution in [0.15, 0.2) is 30.4 Å². The second-order valence-electron chi connectivity index (χ2n) is 11.8. The number of halogens is 2. The fourth-order valence-corrected chi connectivity index (χ4v) is 7.94. The minimum Gasteiger partial charge on any atom is -0.356 e. The molecule has 1 aromatic carbocycles. The van der Waals surface area contributed by atoms with Gasteiger partial charge in [-0.25, -0.2) is 0 Å². The maximum Gasteiger partial charge on any atom is 0.246 e. The Labute approximate surface area is 233 Å². The number of amides is 3. The average molecular weight is 561 g/mol. The molecule has 4 fully saturated rings. The zero-order chi connectivity index (χ0) is 26.7. The summed E-state index contributed by atoms with van der Waals surface area (Å²) in [6.07, 6.45) is 14.0. The Morgan fingerprint density at radius 2 is 1.63 bits per heavy atom. The number of hydrogen-bond acceptors (Lipinski definition) is 4. The van der Waals surface area contributed by atoms with Gasteiger partial charge in [0, 0.05) is 17.8 Å². The molecule has 2 N–H and O–H groups in total. The van der Waals surface area contributed by atoms with Crippen molar-refractivity contribution in [3.8, 4) is 0 Å². The van der Waals surface area contributed by atoms with Crippen LogP contribution in [0.4, 0.5) is 5.69 Å². The zero-order valence-corrected chi connectivity index (χ0v) is 23.2. The standard InChI is InChI=1S/C29H35Cl2N3O4/c1-28-14-15-29(38-28)23(22(28)25(35)33-18-12-13-20(30)21(31)16-18)27(37)34(19-10-6-3-7-11-19)24(29)26(36)32-17-8-4-2-5-9-17/h12-17,19,22-24H,2-11H2,1H3,(H,32,36)(H,33,35)/t22-,23+,24+,28+,29+/m1/s1. The lowest BCUT2D eigenvalue weighted by Crippen LogP contribution is -2.58. The summed E-state index contributed by atoms with van der Waals surface area (Å²) in [7, 11) is 0. The van der Waals surface area contributed by atoms with Gasteiger partial charge < -0.3 is 20.3 Å². The summed E-state index contributed by atoms with van der Waals surface area (Å²) in [6.45, 7) is 1.84. The Morgan fingerprint density at radius 3 is 2.32 bits per heavy atom. The molecule has 5 atom stereocenters. The normalized spacial score (nSPS) is 35.0. The van der Waals surface area contributed by atoms with Crippen LogP contribution in [0, 0.1) is 11.8 Å². The maximum absolute atomic E-state index is 14.3. The first kappa shape index (κ1) is 26.1. The van der Waals surface area contributed by atoms with Crippen LogP contribution in [0.2, 0.25) is 10.0 Å². The molecule has 7 nitrogen and oxygen atoms in total. The van der Waals surface area contributed by atoms with Crippen LogP contribution in [-0.4, -0.2) is 51.9 Å². The molecule has 0 radical (unpaired) electrons. The summed E-state index contributed by atoms with van der Waals surface area (Å²) in [5.41, 5.74) is -1.67. The molecule has 3 aliphatic heterocycles. The molecule has 2 aliphatic carbocycles. The Bertz CT molecular complexity index is 1180. The SMILES string of the molecule is C[C@@]12C=C[C@]3(O1)[C@H](C(=O)N(C1CCCCC1)[C@H]3C(=O)NC1CCCCC1)[C@@H]2C(=O)Nc1ccc(Cl)c(Cl)c1. The molecule has 38 heavy (non-hydrogen) atoms. The van der Waals surface area contributed by atoms with E-state index < -0.39 is 29.1 Å². The number of carbonyl (C=O) groups excluding carboxylic acids is 3. The van der Waals surface area contributed by atoms with E-state index in [9.17, 15) is 14.4 Å². The van der Waals surface area contributed by atoms with Crippen LogP contribution in [0.3, 0.4) is 0 Å². The van der Waals surface area contributed by atoms with Crippen LogP contribution in [0.25, 0.3) is 0 Å². The van der Waals surface area contributed by atoms with Gasteiger partial charge in [0.2, 0.25) is 17.7 Å². The van der Waals surface area contributed by atoms with Crippen LogP contribution >= 0.6 is 23.2 Å². The summed E-state index contributed by atoms with van der Waals surface area (Å²) in [5.74, 6) is -2.19. The van der Waals surface area contributed by atoms with Crippen LogP contribution in [-0.2, 0) is 19.1 Å². The predicted octanol–water partition coefficient (Wildman–Crippen LogP) is 5.25. The summed E-state index contributed by atoms with van der Waals surface area (Å²) < 4.78 is 6.66. The molecule has 6 rings (SSSR count). The first-order valence-corrected chi connectivity index (χ1v) is 14.8. The summed E-state index contributed by atoms with van der Waals surface area (Å²) in [6, 6.07) is 4.19. The molecule has 2 bridgehead atoms. The number of likely N-dealkylation sites (tertiary alicyclic amines) is 1. The highest BCUT2D eigenvalue weighted by Crippen LogP contribution is 2.60. The van der Waals surface area contributed by atoms with Gasteiger partial charge >= 0.3 is 0 Å². The predicted molar refractivity (Wildman–Crippen MR) is 146 cm³/mol. The van der Waals surface area contributed by atoms with E-state index in [1.807, 2.05) is 19.1 Å². The maximum atomic E-state index is 14.3. The molecule has 3 amide bonds. The van der Waals surface area contributed by atoms with Gasteiger partial charge in [-0.3, -0.25) is 14.4 Å². The van der Waals surface area contributed by atoms with Crippen molar-refractivity contribution in [1.82, 2.24) is 10.2 Å². The van der Waals surface area contributed by atoms with E-state index in [4.69, 9.17) is 27.9 Å². The van der Waals surface area contributed by atoms with Crippen molar-refractivity contribution in [2.45, 2.75) is 100 Å². The quantitative estimate of drug-likeness (QED) is 0.482. The summed E-state index contributed by atoms with van der Waals surface area (Å²) >= 11 is 12.2. The van der Waals surface area contributed by atoms with Crippen LogP contribution in [0.1, 0.15) is 71.1 Å². The topological polar surface area (TPSA) is 87.7 Å². The largest absolute Gasteiger partial charge is 0.356 e. The van der Waals surface area contributed by atoms with Crippen molar-refractivity contribution < 1.29 is 19.1 Å². The number of benzene rings is 1. The van der Waals surface area contributed by atoms with E-state index in [2.05, 4.69) is 10.6 Å². The lowest BCUT2D eigenvalue weighted by atomic mass is 9.70. The van der Waals surface area contributed by atoms with E-state index in [1.54, 1.807) is 23.1 Å². The summed E-state index contributed by atoms with van der Waals surface area (Å²) in [5, 5.41) is 6.92. The van der Waals surface area contributed by atoms with Crippen molar-refractivity contribution in [1.29, 1.82) is 0 Å². The molecule has 3 heterocycles. The number of anilines is 1. The molecule has 1 aromatic rings. The highest BCUT2D eigenvalue weighted by molar-refractivity contribution is 6.42. The third-order valence-electron chi connectivity index (χ3n) is 9.37. The highest BCUT2D eigenvalue weighted by atomic mass is 35.5. The monoisotopic (exact) mass is 559 g/mol. The molecule has 204 valence electrons. The second kappa shape index (κ2) is 9.83. The average Bonchev–Trinajstić information content (AvgIpc) is 3.48. The Balaban J connectivity index is 1.34. The fraction of sp³-hybridized carbons (Fsp3) is 0.621. The van der Waals surface area contributed by atoms with Gasteiger partial charge in [-0.05, 0) is 50.8 Å². The summed E-state index contributed by atoms with van der Waals surface area (Å²) in [4.78, 5) is 43.9. The second-order valence-corrected chi connectivity index (χ2v) is 12.6. The Hall–Kier alpha value is -2.09. The van der Waals surface area contributed by atoms with Gasteiger partial charge in [0.1, 0.15) is 11.6 Å². The molecule has 1 spiro atoms. The highest BCUT2D eigenvalue weighted by Gasteiger charge is 2.76. The first-order valence-electron chi connectivity index (χ1n) is 14.0. The smallest absolute Gasteiger partial charge is 0.246 e. The molecule has 2 saturated carbocycles. The molecular weight excluding hydrogens is 525 g/mol. The van der Waals surface area contributed by atoms with Gasteiger partial charge in [0.05, 0.1) is 27.5 Å². The number of carbonyl (C=O) groups is 3. The van der Waals surface area contributed by atoms with E-state index in [-0.39, 0.29) is 29.8 Å². The molecular formula is C29H35Cl2N3O4. The molecule has 0 aromatic heterocycles. The minimum atomic E-state index is -1.17. The van der Waals surface area contributed by atoms with Crippen molar-refractivity contribution in [2.75, 3.05) is 5.32 Å². The minimum absolute atomic E-state index is 0.0269. The third kappa shape index (κ3) is 4.16. The van der Waals surface area contributed by atoms with E-state index in [0.29, 0.717) is 15.7 Å². The van der Waals surface area contributed by atoms with Crippen molar-refractivity contribution in [3.05, 3.63) is 40.4 Å². The zero-order valence-electron chi connectivity index (χ0n) is 21.7. The first-order chi connectivity index (χ1) is 18.2. The lowest BCUT2D eigenvalue weighted by molar-refractivity contribution is -0.147. The van der Waals surface area contributed by atoms with Gasteiger partial charge in [-0.15, -0.1) is 0 Å². The number of nitrogens with zero attached hydrogens (tertiary/aromatic N) is 1.